The minimum absolute atomic E-state index is 0. The van der Waals surface area contributed by atoms with Gasteiger partial charge in [-0.1, -0.05) is 13.3 Å². The number of carbonyl (C=O) groups is 1. The zero-order chi connectivity index (χ0) is 16.3. The van der Waals surface area contributed by atoms with Gasteiger partial charge in [-0.15, -0.1) is 24.0 Å². The Morgan fingerprint density at radius 2 is 1.96 bits per heavy atom. The molecule has 1 fully saturated rings. The summed E-state index contributed by atoms with van der Waals surface area (Å²) in [5, 5.41) is 9.46. The molecule has 1 aliphatic carbocycles. The van der Waals surface area contributed by atoms with Crippen molar-refractivity contribution < 1.29 is 9.53 Å². The highest BCUT2D eigenvalue weighted by atomic mass is 127. The van der Waals surface area contributed by atoms with Crippen molar-refractivity contribution in [2.45, 2.75) is 45.4 Å². The Balaban J connectivity index is 0.00000484. The van der Waals surface area contributed by atoms with E-state index in [1.54, 1.807) is 14.2 Å². The fraction of sp³-hybridized carbons (Fsp3) is 0.875. The van der Waals surface area contributed by atoms with Crippen molar-refractivity contribution in [2.24, 2.45) is 10.4 Å². The highest BCUT2D eigenvalue weighted by molar-refractivity contribution is 14.0. The first-order chi connectivity index (χ1) is 10.7. The lowest BCUT2D eigenvalue weighted by Gasteiger charge is -2.42. The Labute approximate surface area is 157 Å². The molecule has 6 nitrogen and oxygen atoms in total. The Bertz CT molecular complexity index is 360. The van der Waals surface area contributed by atoms with E-state index in [1.807, 2.05) is 6.92 Å². The van der Waals surface area contributed by atoms with Gasteiger partial charge in [0, 0.05) is 46.8 Å². The van der Waals surface area contributed by atoms with Crippen LogP contribution in [0, 0.1) is 5.41 Å². The molecule has 1 amide bonds. The zero-order valence-electron chi connectivity index (χ0n) is 14.7. The number of carbonyl (C=O) groups excluding carboxylic acids is 1. The molecule has 23 heavy (non-hydrogen) atoms. The van der Waals surface area contributed by atoms with Gasteiger partial charge in [-0.2, -0.15) is 0 Å². The molecule has 0 aromatic rings. The normalized spacial score (nSPS) is 16.0. The molecule has 0 saturated heterocycles. The third-order valence-corrected chi connectivity index (χ3v) is 4.32. The van der Waals surface area contributed by atoms with Crippen LogP contribution in [0.2, 0.25) is 0 Å². The molecular weight excluding hydrogens is 407 g/mol. The van der Waals surface area contributed by atoms with E-state index in [1.165, 1.54) is 19.3 Å². The molecule has 0 atom stereocenters. The number of hydrogen-bond donors (Lipinski definition) is 3. The predicted molar refractivity (Wildman–Crippen MR) is 105 cm³/mol. The molecule has 0 spiro atoms. The van der Waals surface area contributed by atoms with Crippen molar-refractivity contribution in [1.29, 1.82) is 0 Å². The number of aliphatic imine (C=N–C) groups is 1. The molecule has 0 unspecified atom stereocenters. The zero-order valence-corrected chi connectivity index (χ0v) is 17.1. The van der Waals surface area contributed by atoms with Gasteiger partial charge in [0.05, 0.1) is 0 Å². The molecule has 1 aliphatic rings. The number of halogens is 1. The van der Waals surface area contributed by atoms with Crippen molar-refractivity contribution in [3.63, 3.8) is 0 Å². The minimum atomic E-state index is 0. The maximum Gasteiger partial charge on any atom is 0.221 e. The summed E-state index contributed by atoms with van der Waals surface area (Å²) in [4.78, 5) is 15.8. The van der Waals surface area contributed by atoms with Crippen LogP contribution >= 0.6 is 24.0 Å². The van der Waals surface area contributed by atoms with E-state index in [2.05, 4.69) is 20.9 Å². The largest absolute Gasteiger partial charge is 0.385 e. The second kappa shape index (κ2) is 12.8. The van der Waals surface area contributed by atoms with Crippen molar-refractivity contribution in [3.05, 3.63) is 0 Å². The van der Waals surface area contributed by atoms with Gasteiger partial charge in [0.2, 0.25) is 5.91 Å². The highest BCUT2D eigenvalue weighted by Crippen LogP contribution is 2.43. The summed E-state index contributed by atoms with van der Waals surface area (Å²) in [6.07, 6.45) is 6.32. The lowest BCUT2D eigenvalue weighted by molar-refractivity contribution is -0.120. The molecule has 0 heterocycles. The van der Waals surface area contributed by atoms with Gasteiger partial charge in [0.15, 0.2) is 5.96 Å². The quantitative estimate of drug-likeness (QED) is 0.276. The van der Waals surface area contributed by atoms with Crippen molar-refractivity contribution >= 4 is 35.8 Å². The number of guanidine groups is 1. The highest BCUT2D eigenvalue weighted by Gasteiger charge is 2.36. The van der Waals surface area contributed by atoms with E-state index in [9.17, 15) is 4.79 Å². The van der Waals surface area contributed by atoms with Crippen LogP contribution in [0.25, 0.3) is 0 Å². The number of nitrogens with zero attached hydrogens (tertiary/aromatic N) is 1. The third kappa shape index (κ3) is 8.74. The first-order valence-electron chi connectivity index (χ1n) is 8.36. The Morgan fingerprint density at radius 1 is 1.22 bits per heavy atom. The van der Waals surface area contributed by atoms with Crippen LogP contribution in [-0.2, 0) is 9.53 Å². The molecule has 0 bridgehead atoms. The molecule has 1 rings (SSSR count). The van der Waals surface area contributed by atoms with Crippen LogP contribution < -0.4 is 16.0 Å². The molecular formula is C16H33IN4O2. The second-order valence-corrected chi connectivity index (χ2v) is 6.05. The van der Waals surface area contributed by atoms with Crippen LogP contribution in [0.15, 0.2) is 4.99 Å². The molecule has 0 radical (unpaired) electrons. The molecule has 0 aromatic heterocycles. The van der Waals surface area contributed by atoms with Gasteiger partial charge in [0.25, 0.3) is 0 Å². The Morgan fingerprint density at radius 3 is 2.48 bits per heavy atom. The van der Waals surface area contributed by atoms with Crippen LogP contribution in [0.5, 0.6) is 0 Å². The number of amides is 1. The van der Waals surface area contributed by atoms with Gasteiger partial charge in [-0.05, 0) is 31.1 Å². The monoisotopic (exact) mass is 440 g/mol. The first kappa shape index (κ1) is 22.4. The summed E-state index contributed by atoms with van der Waals surface area (Å²) >= 11 is 0. The van der Waals surface area contributed by atoms with Gasteiger partial charge >= 0.3 is 0 Å². The van der Waals surface area contributed by atoms with Crippen LogP contribution in [0.3, 0.4) is 0 Å². The number of hydrogen-bond acceptors (Lipinski definition) is 3. The smallest absolute Gasteiger partial charge is 0.221 e. The minimum Gasteiger partial charge on any atom is -0.385 e. The lowest BCUT2D eigenvalue weighted by Crippen LogP contribution is -2.47. The van der Waals surface area contributed by atoms with Crippen molar-refractivity contribution in [1.82, 2.24) is 16.0 Å². The van der Waals surface area contributed by atoms with E-state index < -0.39 is 0 Å². The Hall–Kier alpha value is -0.570. The summed E-state index contributed by atoms with van der Waals surface area (Å²) in [6.45, 7) is 5.11. The van der Waals surface area contributed by atoms with E-state index in [0.717, 1.165) is 38.5 Å². The van der Waals surface area contributed by atoms with Crippen molar-refractivity contribution in [2.75, 3.05) is 40.4 Å². The Kier molecular flexibility index (Phi) is 12.5. The fourth-order valence-electron chi connectivity index (χ4n) is 2.65. The standard InChI is InChI=1S/C16H32N4O2.HI/c1-4-10-18-14(21)6-11-19-15(17-2)20-13-16(7-5-8-16)9-12-22-3;/h4-13H2,1-3H3,(H,18,21)(H2,17,19,20);1H. The van der Waals surface area contributed by atoms with E-state index >= 15 is 0 Å². The fourth-order valence-corrected chi connectivity index (χ4v) is 2.65. The maximum atomic E-state index is 11.5. The maximum absolute atomic E-state index is 11.5. The summed E-state index contributed by atoms with van der Waals surface area (Å²) in [5.41, 5.74) is 0.353. The van der Waals surface area contributed by atoms with Gasteiger partial charge in [0.1, 0.15) is 0 Å². The first-order valence-corrected chi connectivity index (χ1v) is 8.36. The summed E-state index contributed by atoms with van der Waals surface area (Å²) < 4.78 is 5.21. The van der Waals surface area contributed by atoms with Gasteiger partial charge in [-0.25, -0.2) is 0 Å². The van der Waals surface area contributed by atoms with Crippen molar-refractivity contribution in [3.8, 4) is 0 Å². The van der Waals surface area contributed by atoms with Crippen LogP contribution in [0.4, 0.5) is 0 Å². The molecule has 1 saturated carbocycles. The number of nitrogens with one attached hydrogen (secondary N) is 3. The number of rotatable bonds is 10. The predicted octanol–water partition coefficient (Wildman–Crippen LogP) is 1.89. The summed E-state index contributed by atoms with van der Waals surface area (Å²) in [7, 11) is 3.51. The second-order valence-electron chi connectivity index (χ2n) is 6.05. The van der Waals surface area contributed by atoms with Gasteiger partial charge in [-0.3, -0.25) is 9.79 Å². The summed E-state index contributed by atoms with van der Waals surface area (Å²) in [5.74, 6) is 0.854. The molecule has 0 aliphatic heterocycles. The molecule has 7 heteroatoms. The number of ether oxygens (including phenoxy) is 1. The number of methoxy groups -OCH3 is 1. The van der Waals surface area contributed by atoms with E-state index in [-0.39, 0.29) is 29.9 Å². The lowest BCUT2D eigenvalue weighted by atomic mass is 9.67. The van der Waals surface area contributed by atoms with E-state index in [0.29, 0.717) is 18.4 Å². The van der Waals surface area contributed by atoms with Crippen LogP contribution in [-0.4, -0.2) is 52.3 Å². The van der Waals surface area contributed by atoms with Crippen LogP contribution in [0.1, 0.15) is 45.4 Å². The average molecular weight is 440 g/mol. The third-order valence-electron chi connectivity index (χ3n) is 4.32. The van der Waals surface area contributed by atoms with E-state index in [4.69, 9.17) is 4.74 Å². The molecule has 3 N–H and O–H groups in total. The SMILES string of the molecule is CCCNC(=O)CCNC(=NC)NCC1(CCOC)CCC1.I. The van der Waals surface area contributed by atoms with Gasteiger partial charge < -0.3 is 20.7 Å². The summed E-state index contributed by atoms with van der Waals surface area (Å²) in [6, 6.07) is 0. The molecule has 0 aromatic carbocycles. The average Bonchev–Trinajstić information content (AvgIpc) is 2.49. The molecule has 136 valence electrons. The topological polar surface area (TPSA) is 74.8 Å².